The quantitative estimate of drug-likeness (QED) is 0.910. The zero-order valence-corrected chi connectivity index (χ0v) is 15.4. The van der Waals surface area contributed by atoms with E-state index in [1.165, 1.54) is 22.3 Å². The molecule has 0 saturated carbocycles. The van der Waals surface area contributed by atoms with E-state index in [4.69, 9.17) is 0 Å². The van der Waals surface area contributed by atoms with Gasteiger partial charge in [-0.2, -0.15) is 0 Å². The summed E-state index contributed by atoms with van der Waals surface area (Å²) in [4.78, 5) is 13.7. The lowest BCUT2D eigenvalue weighted by Crippen LogP contribution is -2.42. The van der Waals surface area contributed by atoms with Gasteiger partial charge in [-0.15, -0.1) is 0 Å². The Morgan fingerprint density at radius 2 is 1.78 bits per heavy atom. The standard InChI is InChI=1S/C20H31NO2/c1-13-7-16(19(22)23)11-21(10-13)12-18-14(2)8-17(9-15(18)3)20(4,5)6/h8-9,13,16H,7,10-12H2,1-6H3,(H,22,23). The highest BCUT2D eigenvalue weighted by molar-refractivity contribution is 5.70. The Morgan fingerprint density at radius 3 is 2.26 bits per heavy atom. The van der Waals surface area contributed by atoms with Crippen molar-refractivity contribution in [2.45, 2.75) is 59.9 Å². The van der Waals surface area contributed by atoms with Crippen molar-refractivity contribution in [1.82, 2.24) is 4.90 Å². The van der Waals surface area contributed by atoms with Gasteiger partial charge in [0, 0.05) is 19.6 Å². The minimum atomic E-state index is -0.655. The Kier molecular flexibility index (Phi) is 5.20. The summed E-state index contributed by atoms with van der Waals surface area (Å²) in [6, 6.07) is 4.59. The zero-order chi connectivity index (χ0) is 17.4. The summed E-state index contributed by atoms with van der Waals surface area (Å²) in [7, 11) is 0. The van der Waals surface area contributed by atoms with Crippen molar-refractivity contribution < 1.29 is 9.90 Å². The molecule has 0 radical (unpaired) electrons. The fraction of sp³-hybridized carbons (Fsp3) is 0.650. The fourth-order valence-corrected chi connectivity index (χ4v) is 3.67. The number of nitrogens with zero attached hydrogens (tertiary/aromatic N) is 1. The Bertz CT molecular complexity index is 563. The van der Waals surface area contributed by atoms with Crippen LogP contribution in [-0.4, -0.2) is 29.1 Å². The third-order valence-electron chi connectivity index (χ3n) is 5.03. The summed E-state index contributed by atoms with van der Waals surface area (Å²) >= 11 is 0. The van der Waals surface area contributed by atoms with E-state index in [-0.39, 0.29) is 11.3 Å². The minimum Gasteiger partial charge on any atom is -0.481 e. The van der Waals surface area contributed by atoms with E-state index in [2.05, 4.69) is 58.6 Å². The SMILES string of the molecule is Cc1cc(C(C)(C)C)cc(C)c1CN1CC(C)CC(C(=O)O)C1. The van der Waals surface area contributed by atoms with E-state index in [1.807, 2.05) is 0 Å². The Morgan fingerprint density at radius 1 is 1.22 bits per heavy atom. The molecular weight excluding hydrogens is 286 g/mol. The molecule has 2 unspecified atom stereocenters. The Labute approximate surface area is 140 Å². The first kappa shape index (κ1) is 18.0. The molecule has 3 nitrogen and oxygen atoms in total. The highest BCUT2D eigenvalue weighted by Crippen LogP contribution is 2.29. The van der Waals surface area contributed by atoms with Crippen LogP contribution in [0.2, 0.25) is 0 Å². The molecule has 128 valence electrons. The van der Waals surface area contributed by atoms with E-state index in [1.54, 1.807) is 0 Å². The summed E-state index contributed by atoms with van der Waals surface area (Å²) in [6.07, 6.45) is 0.798. The number of carboxylic acid groups (broad SMARTS) is 1. The summed E-state index contributed by atoms with van der Waals surface area (Å²) in [6.45, 7) is 15.8. The maximum Gasteiger partial charge on any atom is 0.307 e. The molecule has 0 spiro atoms. The number of rotatable bonds is 3. The predicted molar refractivity (Wildman–Crippen MR) is 94.8 cm³/mol. The normalized spacial score (nSPS) is 23.0. The minimum absolute atomic E-state index is 0.155. The van der Waals surface area contributed by atoms with Gasteiger partial charge < -0.3 is 5.11 Å². The van der Waals surface area contributed by atoms with Crippen molar-refractivity contribution in [3.05, 3.63) is 34.4 Å². The molecule has 1 N–H and O–H groups in total. The molecule has 0 bridgehead atoms. The third-order valence-corrected chi connectivity index (χ3v) is 5.03. The number of aryl methyl sites for hydroxylation is 2. The molecule has 3 heteroatoms. The Balaban J connectivity index is 2.21. The van der Waals surface area contributed by atoms with Crippen LogP contribution in [0.4, 0.5) is 0 Å². The van der Waals surface area contributed by atoms with Crippen molar-refractivity contribution in [2.24, 2.45) is 11.8 Å². The van der Waals surface area contributed by atoms with Gasteiger partial charge in [-0.25, -0.2) is 0 Å². The van der Waals surface area contributed by atoms with Crippen LogP contribution in [-0.2, 0) is 16.8 Å². The van der Waals surface area contributed by atoms with E-state index in [0.717, 1.165) is 19.5 Å². The van der Waals surface area contributed by atoms with E-state index >= 15 is 0 Å². The summed E-state index contributed by atoms with van der Waals surface area (Å²) < 4.78 is 0. The number of hydrogen-bond donors (Lipinski definition) is 1. The topological polar surface area (TPSA) is 40.5 Å². The van der Waals surface area contributed by atoms with Crippen LogP contribution in [0, 0.1) is 25.7 Å². The van der Waals surface area contributed by atoms with Crippen molar-refractivity contribution in [2.75, 3.05) is 13.1 Å². The van der Waals surface area contributed by atoms with E-state index in [0.29, 0.717) is 12.5 Å². The first-order chi connectivity index (χ1) is 10.6. The molecule has 0 aliphatic carbocycles. The molecule has 0 aromatic heterocycles. The molecule has 0 amide bonds. The predicted octanol–water partition coefficient (Wildman–Crippen LogP) is 4.14. The maximum absolute atomic E-state index is 11.4. The van der Waals surface area contributed by atoms with Gasteiger partial charge >= 0.3 is 5.97 Å². The third kappa shape index (κ3) is 4.35. The van der Waals surface area contributed by atoms with Crippen LogP contribution in [0.1, 0.15) is 56.4 Å². The van der Waals surface area contributed by atoms with E-state index < -0.39 is 5.97 Å². The van der Waals surface area contributed by atoms with Crippen molar-refractivity contribution in [1.29, 1.82) is 0 Å². The van der Waals surface area contributed by atoms with Crippen LogP contribution in [0.25, 0.3) is 0 Å². The average molecular weight is 317 g/mol. The van der Waals surface area contributed by atoms with Gasteiger partial charge in [0.25, 0.3) is 0 Å². The number of aliphatic carboxylic acids is 1. The second-order valence-corrected chi connectivity index (χ2v) is 8.41. The summed E-state index contributed by atoms with van der Waals surface area (Å²) in [5.41, 5.74) is 5.52. The second kappa shape index (κ2) is 6.64. The van der Waals surface area contributed by atoms with Gasteiger partial charge in [0.2, 0.25) is 0 Å². The van der Waals surface area contributed by atoms with Crippen LogP contribution in [0.3, 0.4) is 0 Å². The van der Waals surface area contributed by atoms with Gasteiger partial charge in [-0.05, 0) is 53.9 Å². The molecule has 1 aliphatic heterocycles. The number of hydrogen-bond acceptors (Lipinski definition) is 2. The molecular formula is C20H31NO2. The lowest BCUT2D eigenvalue weighted by Gasteiger charge is -2.35. The number of benzene rings is 1. The zero-order valence-electron chi connectivity index (χ0n) is 15.4. The van der Waals surface area contributed by atoms with Gasteiger partial charge in [-0.1, -0.05) is 39.8 Å². The Hall–Kier alpha value is -1.35. The largest absolute Gasteiger partial charge is 0.481 e. The van der Waals surface area contributed by atoms with E-state index in [9.17, 15) is 9.90 Å². The van der Waals surface area contributed by atoms with Gasteiger partial charge in [-0.3, -0.25) is 9.69 Å². The smallest absolute Gasteiger partial charge is 0.307 e. The molecule has 1 aromatic rings. The lowest BCUT2D eigenvalue weighted by molar-refractivity contribution is -0.144. The van der Waals surface area contributed by atoms with Crippen LogP contribution in [0.5, 0.6) is 0 Å². The molecule has 2 atom stereocenters. The summed E-state index contributed by atoms with van der Waals surface area (Å²) in [5.74, 6) is -0.439. The van der Waals surface area contributed by atoms with Crippen molar-refractivity contribution in [3.8, 4) is 0 Å². The number of piperidine rings is 1. The van der Waals surface area contributed by atoms with Gasteiger partial charge in [0.1, 0.15) is 0 Å². The number of carboxylic acids is 1. The van der Waals surface area contributed by atoms with Crippen LogP contribution in [0.15, 0.2) is 12.1 Å². The fourth-order valence-electron chi connectivity index (χ4n) is 3.67. The molecule has 2 rings (SSSR count). The average Bonchev–Trinajstić information content (AvgIpc) is 2.41. The molecule has 1 aromatic carbocycles. The number of carbonyl (C=O) groups is 1. The maximum atomic E-state index is 11.4. The van der Waals surface area contributed by atoms with Crippen molar-refractivity contribution in [3.63, 3.8) is 0 Å². The highest BCUT2D eigenvalue weighted by Gasteiger charge is 2.30. The first-order valence-electron chi connectivity index (χ1n) is 8.63. The molecule has 1 saturated heterocycles. The van der Waals surface area contributed by atoms with Crippen molar-refractivity contribution >= 4 is 5.97 Å². The molecule has 1 aliphatic rings. The highest BCUT2D eigenvalue weighted by atomic mass is 16.4. The second-order valence-electron chi connectivity index (χ2n) is 8.41. The molecule has 1 heterocycles. The van der Waals surface area contributed by atoms with Gasteiger partial charge in [0.15, 0.2) is 0 Å². The monoisotopic (exact) mass is 317 g/mol. The van der Waals surface area contributed by atoms with Gasteiger partial charge in [0.05, 0.1) is 5.92 Å². The first-order valence-corrected chi connectivity index (χ1v) is 8.63. The summed E-state index contributed by atoms with van der Waals surface area (Å²) in [5, 5.41) is 9.35. The number of likely N-dealkylation sites (tertiary alicyclic amines) is 1. The van der Waals surface area contributed by atoms with Crippen LogP contribution < -0.4 is 0 Å². The van der Waals surface area contributed by atoms with Crippen LogP contribution >= 0.6 is 0 Å². The molecule has 23 heavy (non-hydrogen) atoms. The lowest BCUT2D eigenvalue weighted by atomic mass is 9.83. The molecule has 1 fully saturated rings.